The van der Waals surface area contributed by atoms with Crippen molar-refractivity contribution in [2.45, 2.75) is 30.2 Å². The predicted molar refractivity (Wildman–Crippen MR) is 81.0 cm³/mol. The first-order chi connectivity index (χ1) is 9.32. The molecular formula is C12H13Br2NO4S. The van der Waals surface area contributed by atoms with E-state index in [1.165, 1.54) is 10.4 Å². The van der Waals surface area contributed by atoms with Crippen LogP contribution in [0.1, 0.15) is 19.3 Å². The molecule has 0 aromatic heterocycles. The first kappa shape index (κ1) is 15.9. The Kier molecular flexibility index (Phi) is 4.88. The van der Waals surface area contributed by atoms with Gasteiger partial charge in [0.05, 0.1) is 11.3 Å². The molecule has 1 fully saturated rings. The quantitative estimate of drug-likeness (QED) is 0.803. The summed E-state index contributed by atoms with van der Waals surface area (Å²) in [6.07, 6.45) is 1.11. The minimum absolute atomic E-state index is 0.159. The third-order valence-corrected chi connectivity index (χ3v) is 6.64. The number of carboxylic acid groups (broad SMARTS) is 1. The molecule has 1 aliphatic rings. The number of halogens is 2. The van der Waals surface area contributed by atoms with Crippen molar-refractivity contribution < 1.29 is 18.3 Å². The van der Waals surface area contributed by atoms with Crippen LogP contribution in [-0.4, -0.2) is 36.4 Å². The Morgan fingerprint density at radius 1 is 1.40 bits per heavy atom. The van der Waals surface area contributed by atoms with Gasteiger partial charge in [-0.1, -0.05) is 15.9 Å². The molecule has 1 atom stereocenters. The molecule has 1 aromatic rings. The number of aliphatic carboxylic acids is 1. The zero-order valence-electron chi connectivity index (χ0n) is 10.4. The van der Waals surface area contributed by atoms with E-state index >= 15 is 0 Å². The molecule has 110 valence electrons. The monoisotopic (exact) mass is 425 g/mol. The van der Waals surface area contributed by atoms with Crippen LogP contribution in [0.3, 0.4) is 0 Å². The number of carbonyl (C=O) groups is 1. The summed E-state index contributed by atoms with van der Waals surface area (Å²) in [6.45, 7) is 0.364. The molecule has 0 aliphatic carbocycles. The molecule has 0 bridgehead atoms. The lowest BCUT2D eigenvalue weighted by Gasteiger charge is -2.23. The van der Waals surface area contributed by atoms with Gasteiger partial charge in [-0.2, -0.15) is 4.31 Å². The van der Waals surface area contributed by atoms with E-state index in [0.29, 0.717) is 23.9 Å². The molecule has 1 unspecified atom stereocenters. The smallest absolute Gasteiger partial charge is 0.304 e. The molecule has 2 rings (SSSR count). The van der Waals surface area contributed by atoms with E-state index in [1.807, 2.05) is 0 Å². The van der Waals surface area contributed by atoms with Gasteiger partial charge in [0.2, 0.25) is 10.0 Å². The van der Waals surface area contributed by atoms with Crippen LogP contribution in [0, 0.1) is 0 Å². The molecule has 0 saturated carbocycles. The summed E-state index contributed by atoms with van der Waals surface area (Å²) in [6, 6.07) is 4.36. The Labute approximate surface area is 134 Å². The summed E-state index contributed by atoms with van der Waals surface area (Å²) in [4.78, 5) is 11.0. The zero-order valence-corrected chi connectivity index (χ0v) is 14.4. The zero-order chi connectivity index (χ0) is 14.9. The lowest BCUT2D eigenvalue weighted by Crippen LogP contribution is -2.37. The van der Waals surface area contributed by atoms with Gasteiger partial charge in [-0.05, 0) is 47.0 Å². The van der Waals surface area contributed by atoms with Crippen LogP contribution < -0.4 is 0 Å². The number of nitrogens with zero attached hydrogens (tertiary/aromatic N) is 1. The summed E-state index contributed by atoms with van der Waals surface area (Å²) in [5.41, 5.74) is 0. The van der Waals surface area contributed by atoms with Crippen molar-refractivity contribution >= 4 is 47.9 Å². The van der Waals surface area contributed by atoms with Gasteiger partial charge in [-0.15, -0.1) is 0 Å². The van der Waals surface area contributed by atoms with Gasteiger partial charge in [0.25, 0.3) is 0 Å². The summed E-state index contributed by atoms with van der Waals surface area (Å²) in [5.74, 6) is -0.980. The minimum Gasteiger partial charge on any atom is -0.481 e. The van der Waals surface area contributed by atoms with Crippen molar-refractivity contribution in [3.8, 4) is 0 Å². The maximum absolute atomic E-state index is 12.6. The second-order valence-electron chi connectivity index (χ2n) is 4.58. The molecule has 20 heavy (non-hydrogen) atoms. The highest BCUT2D eigenvalue weighted by molar-refractivity contribution is 9.11. The van der Waals surface area contributed by atoms with Crippen LogP contribution in [0.25, 0.3) is 0 Å². The van der Waals surface area contributed by atoms with Crippen molar-refractivity contribution in [1.82, 2.24) is 4.31 Å². The van der Waals surface area contributed by atoms with Crippen LogP contribution in [0.15, 0.2) is 32.0 Å². The first-order valence-corrected chi connectivity index (χ1v) is 9.03. The van der Waals surface area contributed by atoms with Crippen LogP contribution in [0.2, 0.25) is 0 Å². The van der Waals surface area contributed by atoms with Crippen molar-refractivity contribution in [1.29, 1.82) is 0 Å². The van der Waals surface area contributed by atoms with Gasteiger partial charge in [0, 0.05) is 21.5 Å². The second-order valence-corrected chi connectivity index (χ2v) is 8.21. The van der Waals surface area contributed by atoms with Gasteiger partial charge in [-0.3, -0.25) is 4.79 Å². The molecule has 1 aliphatic heterocycles. The van der Waals surface area contributed by atoms with Crippen molar-refractivity contribution in [2.75, 3.05) is 6.54 Å². The molecule has 0 radical (unpaired) electrons. The number of rotatable bonds is 4. The largest absolute Gasteiger partial charge is 0.481 e. The summed E-state index contributed by atoms with van der Waals surface area (Å²) >= 11 is 6.52. The highest BCUT2D eigenvalue weighted by Gasteiger charge is 2.37. The molecule has 1 aromatic carbocycles. The normalized spacial score (nSPS) is 20.2. The van der Waals surface area contributed by atoms with Crippen molar-refractivity contribution in [3.05, 3.63) is 27.1 Å². The fraction of sp³-hybridized carbons (Fsp3) is 0.417. The Morgan fingerprint density at radius 3 is 2.70 bits per heavy atom. The predicted octanol–water partition coefficient (Wildman–Crippen LogP) is 2.84. The summed E-state index contributed by atoms with van der Waals surface area (Å²) < 4.78 is 27.8. The maximum atomic E-state index is 12.6. The van der Waals surface area contributed by atoms with Gasteiger partial charge >= 0.3 is 5.97 Å². The Balaban J connectivity index is 2.36. The third-order valence-electron chi connectivity index (χ3n) is 3.21. The van der Waals surface area contributed by atoms with Crippen LogP contribution in [0.5, 0.6) is 0 Å². The van der Waals surface area contributed by atoms with Crippen molar-refractivity contribution in [3.63, 3.8) is 0 Å². The second kappa shape index (κ2) is 6.13. The van der Waals surface area contributed by atoms with Crippen LogP contribution in [0.4, 0.5) is 0 Å². The molecule has 0 spiro atoms. The molecule has 1 saturated heterocycles. The van der Waals surface area contributed by atoms with Crippen molar-refractivity contribution in [2.24, 2.45) is 0 Å². The number of hydrogen-bond donors (Lipinski definition) is 1. The van der Waals surface area contributed by atoms with Crippen LogP contribution in [-0.2, 0) is 14.8 Å². The lowest BCUT2D eigenvalue weighted by atomic mass is 10.2. The Hall–Kier alpha value is -0.440. The highest BCUT2D eigenvalue weighted by Crippen LogP contribution is 2.32. The number of benzene rings is 1. The van der Waals surface area contributed by atoms with Crippen LogP contribution >= 0.6 is 31.9 Å². The number of sulfonamides is 1. The van der Waals surface area contributed by atoms with Gasteiger partial charge in [-0.25, -0.2) is 8.42 Å². The first-order valence-electron chi connectivity index (χ1n) is 6.01. The van der Waals surface area contributed by atoms with E-state index < -0.39 is 22.0 Å². The third kappa shape index (κ3) is 3.24. The molecule has 0 amide bonds. The summed E-state index contributed by atoms with van der Waals surface area (Å²) in [7, 11) is -3.68. The SMILES string of the molecule is O=C(O)CC1CCCN1S(=O)(=O)c1ccc(Br)cc1Br. The highest BCUT2D eigenvalue weighted by atomic mass is 79.9. The molecule has 1 heterocycles. The van der Waals surface area contributed by atoms with E-state index in [2.05, 4.69) is 31.9 Å². The molecule has 8 heteroatoms. The fourth-order valence-electron chi connectivity index (χ4n) is 2.34. The van der Waals surface area contributed by atoms with Gasteiger partial charge < -0.3 is 5.11 Å². The standard InChI is InChI=1S/C12H13Br2NO4S/c13-8-3-4-11(10(14)6-8)20(18,19)15-5-1-2-9(15)7-12(16)17/h3-4,6,9H,1-2,5,7H2,(H,16,17). The average Bonchev–Trinajstić information content (AvgIpc) is 2.76. The van der Waals surface area contributed by atoms with E-state index in [9.17, 15) is 13.2 Å². The number of carboxylic acids is 1. The van der Waals surface area contributed by atoms with E-state index in [0.717, 1.165) is 4.47 Å². The molecule has 5 nitrogen and oxygen atoms in total. The lowest BCUT2D eigenvalue weighted by molar-refractivity contribution is -0.137. The van der Waals surface area contributed by atoms with Gasteiger partial charge in [0.15, 0.2) is 0 Å². The summed E-state index contributed by atoms with van der Waals surface area (Å²) in [5, 5.41) is 8.88. The fourth-order valence-corrected chi connectivity index (χ4v) is 5.74. The Morgan fingerprint density at radius 2 is 2.10 bits per heavy atom. The maximum Gasteiger partial charge on any atom is 0.304 e. The van der Waals surface area contributed by atoms with E-state index in [4.69, 9.17) is 5.11 Å². The Bertz CT molecular complexity index is 632. The topological polar surface area (TPSA) is 74.7 Å². The minimum atomic E-state index is -3.68. The van der Waals surface area contributed by atoms with E-state index in [1.54, 1.807) is 12.1 Å². The average molecular weight is 427 g/mol. The van der Waals surface area contributed by atoms with Gasteiger partial charge in [0.1, 0.15) is 0 Å². The molecule has 1 N–H and O–H groups in total. The number of hydrogen-bond acceptors (Lipinski definition) is 3. The van der Waals surface area contributed by atoms with E-state index in [-0.39, 0.29) is 11.3 Å². The molecular weight excluding hydrogens is 414 g/mol.